The van der Waals surface area contributed by atoms with Crippen molar-refractivity contribution in [3.8, 4) is 0 Å². The summed E-state index contributed by atoms with van der Waals surface area (Å²) < 4.78 is 11.6. The van der Waals surface area contributed by atoms with Gasteiger partial charge >= 0.3 is 0 Å². The number of unbranched alkanes of at least 4 members (excludes halogenated alkanes) is 8. The Hall–Kier alpha value is -0.0800. The van der Waals surface area contributed by atoms with Crippen LogP contribution in [-0.2, 0) is 9.47 Å². The molecular formula is C18H34O2. The average Bonchev–Trinajstić information content (AvgIpc) is 2.46. The van der Waals surface area contributed by atoms with E-state index in [0.717, 1.165) is 26.4 Å². The highest BCUT2D eigenvalue weighted by Gasteiger charge is 2.40. The highest BCUT2D eigenvalue weighted by molar-refractivity contribution is 4.88. The Labute approximate surface area is 125 Å². The van der Waals surface area contributed by atoms with Crippen LogP contribution >= 0.6 is 0 Å². The van der Waals surface area contributed by atoms with E-state index in [1.54, 1.807) is 0 Å². The van der Waals surface area contributed by atoms with Gasteiger partial charge in [0, 0.05) is 11.3 Å². The number of rotatable bonds is 10. The Kier molecular flexibility index (Phi) is 7.37. The van der Waals surface area contributed by atoms with Crippen LogP contribution in [0.3, 0.4) is 0 Å². The van der Waals surface area contributed by atoms with Crippen LogP contribution in [0.5, 0.6) is 0 Å². The van der Waals surface area contributed by atoms with Crippen LogP contribution in [0.4, 0.5) is 0 Å². The Morgan fingerprint density at radius 2 is 1.35 bits per heavy atom. The first kappa shape index (κ1) is 16.3. The van der Waals surface area contributed by atoms with E-state index in [9.17, 15) is 0 Å². The van der Waals surface area contributed by atoms with E-state index in [0.29, 0.717) is 11.3 Å². The molecule has 20 heavy (non-hydrogen) atoms. The Morgan fingerprint density at radius 3 is 1.95 bits per heavy atom. The molecule has 0 N–H and O–H groups in total. The summed E-state index contributed by atoms with van der Waals surface area (Å²) in [4.78, 5) is 0. The molecule has 2 fully saturated rings. The van der Waals surface area contributed by atoms with E-state index < -0.39 is 0 Å². The lowest BCUT2D eigenvalue weighted by molar-refractivity contribution is -0.146. The predicted octanol–water partition coefficient (Wildman–Crippen LogP) is 4.96. The van der Waals surface area contributed by atoms with Crippen molar-refractivity contribution in [2.75, 3.05) is 26.4 Å². The van der Waals surface area contributed by atoms with Crippen LogP contribution in [0.15, 0.2) is 0 Å². The first-order valence-corrected chi connectivity index (χ1v) is 9.00. The van der Waals surface area contributed by atoms with Gasteiger partial charge in [-0.2, -0.15) is 0 Å². The molecule has 0 amide bonds. The molecule has 118 valence electrons. The molecule has 0 aromatic carbocycles. The van der Waals surface area contributed by atoms with Crippen molar-refractivity contribution in [2.24, 2.45) is 11.3 Å². The normalized spacial score (nSPS) is 29.6. The van der Waals surface area contributed by atoms with E-state index >= 15 is 0 Å². The second-order valence-electron chi connectivity index (χ2n) is 7.18. The number of ether oxygens (including phenoxy) is 2. The van der Waals surface area contributed by atoms with E-state index in [4.69, 9.17) is 9.47 Å². The minimum atomic E-state index is 0.377. The highest BCUT2D eigenvalue weighted by Crippen LogP contribution is 2.40. The van der Waals surface area contributed by atoms with Crippen molar-refractivity contribution in [2.45, 2.75) is 77.6 Å². The standard InChI is InChI=1S/C18H34O2/c1-2-3-4-5-6-7-8-9-10-11-18-12-17(13-19-15-18)14-20-16-18/h17H,2-16H2,1H3. The molecule has 0 aromatic heterocycles. The molecule has 2 nitrogen and oxygen atoms in total. The van der Waals surface area contributed by atoms with Crippen LogP contribution in [0, 0.1) is 11.3 Å². The van der Waals surface area contributed by atoms with Gasteiger partial charge in [-0.15, -0.1) is 0 Å². The lowest BCUT2D eigenvalue weighted by Crippen LogP contribution is -2.46. The maximum absolute atomic E-state index is 5.79. The third-order valence-corrected chi connectivity index (χ3v) is 5.06. The van der Waals surface area contributed by atoms with Gasteiger partial charge in [0.05, 0.1) is 26.4 Å². The quantitative estimate of drug-likeness (QED) is 0.527. The second kappa shape index (κ2) is 9.04. The molecular weight excluding hydrogens is 248 g/mol. The van der Waals surface area contributed by atoms with Gasteiger partial charge in [0.1, 0.15) is 0 Å². The molecule has 2 rings (SSSR count). The average molecular weight is 282 g/mol. The molecule has 0 aliphatic carbocycles. The molecule has 0 radical (unpaired) electrons. The third-order valence-electron chi connectivity index (χ3n) is 5.06. The molecule has 2 heterocycles. The van der Waals surface area contributed by atoms with Gasteiger partial charge in [-0.1, -0.05) is 64.7 Å². The molecule has 2 bridgehead atoms. The number of hydrogen-bond donors (Lipinski definition) is 0. The van der Waals surface area contributed by atoms with Gasteiger partial charge in [0.15, 0.2) is 0 Å². The molecule has 0 spiro atoms. The number of hydrogen-bond acceptors (Lipinski definition) is 2. The third kappa shape index (κ3) is 5.37. The Morgan fingerprint density at radius 1 is 0.800 bits per heavy atom. The van der Waals surface area contributed by atoms with Crippen LogP contribution in [-0.4, -0.2) is 26.4 Å². The summed E-state index contributed by atoms with van der Waals surface area (Å²) in [5, 5.41) is 0. The van der Waals surface area contributed by atoms with Crippen LogP contribution in [0.1, 0.15) is 77.6 Å². The van der Waals surface area contributed by atoms with Gasteiger partial charge in [0.2, 0.25) is 0 Å². The van der Waals surface area contributed by atoms with Gasteiger partial charge < -0.3 is 9.47 Å². The van der Waals surface area contributed by atoms with Gasteiger partial charge in [0.25, 0.3) is 0 Å². The van der Waals surface area contributed by atoms with Crippen molar-refractivity contribution in [1.82, 2.24) is 0 Å². The molecule has 2 heteroatoms. The van der Waals surface area contributed by atoms with Crippen molar-refractivity contribution in [3.63, 3.8) is 0 Å². The fourth-order valence-corrected chi connectivity index (χ4v) is 3.88. The highest BCUT2D eigenvalue weighted by atomic mass is 16.5. The summed E-state index contributed by atoms with van der Waals surface area (Å²) in [6.45, 7) is 6.04. The van der Waals surface area contributed by atoms with Crippen molar-refractivity contribution in [1.29, 1.82) is 0 Å². The summed E-state index contributed by atoms with van der Waals surface area (Å²) in [5.74, 6) is 0.677. The summed E-state index contributed by atoms with van der Waals surface area (Å²) in [7, 11) is 0. The Balaban J connectivity index is 1.48. The van der Waals surface area contributed by atoms with E-state index in [1.807, 2.05) is 0 Å². The zero-order valence-corrected chi connectivity index (χ0v) is 13.5. The van der Waals surface area contributed by atoms with Gasteiger partial charge in [-0.3, -0.25) is 0 Å². The summed E-state index contributed by atoms with van der Waals surface area (Å²) >= 11 is 0. The summed E-state index contributed by atoms with van der Waals surface area (Å²) in [6.07, 6.45) is 15.4. The van der Waals surface area contributed by atoms with Crippen LogP contribution in [0.25, 0.3) is 0 Å². The SMILES string of the molecule is CCCCCCCCCCCC12COCC(COC1)C2. The topological polar surface area (TPSA) is 18.5 Å². The summed E-state index contributed by atoms with van der Waals surface area (Å²) in [5.41, 5.74) is 0.377. The zero-order chi connectivity index (χ0) is 14.1. The lowest BCUT2D eigenvalue weighted by Gasteiger charge is -2.44. The van der Waals surface area contributed by atoms with Gasteiger partial charge in [-0.05, 0) is 12.8 Å². The molecule has 0 saturated carbocycles. The minimum absolute atomic E-state index is 0.377. The molecule has 2 aliphatic rings. The summed E-state index contributed by atoms with van der Waals surface area (Å²) in [6, 6.07) is 0. The maximum atomic E-state index is 5.79. The lowest BCUT2D eigenvalue weighted by atomic mass is 9.74. The molecule has 0 aromatic rings. The van der Waals surface area contributed by atoms with Gasteiger partial charge in [-0.25, -0.2) is 0 Å². The number of fused-ring (bicyclic) bond motifs is 2. The monoisotopic (exact) mass is 282 g/mol. The minimum Gasteiger partial charge on any atom is -0.380 e. The predicted molar refractivity (Wildman–Crippen MR) is 84.0 cm³/mol. The molecule has 0 unspecified atom stereocenters. The molecule has 2 saturated heterocycles. The fraction of sp³-hybridized carbons (Fsp3) is 1.00. The van der Waals surface area contributed by atoms with E-state index in [-0.39, 0.29) is 0 Å². The van der Waals surface area contributed by atoms with E-state index in [2.05, 4.69) is 6.92 Å². The van der Waals surface area contributed by atoms with Crippen LogP contribution < -0.4 is 0 Å². The molecule has 2 aliphatic heterocycles. The van der Waals surface area contributed by atoms with Crippen molar-refractivity contribution >= 4 is 0 Å². The first-order valence-electron chi connectivity index (χ1n) is 9.00. The zero-order valence-electron chi connectivity index (χ0n) is 13.5. The van der Waals surface area contributed by atoms with Crippen molar-refractivity contribution < 1.29 is 9.47 Å². The smallest absolute Gasteiger partial charge is 0.0544 e. The fourth-order valence-electron chi connectivity index (χ4n) is 3.88. The first-order chi connectivity index (χ1) is 9.85. The second-order valence-corrected chi connectivity index (χ2v) is 7.18. The maximum Gasteiger partial charge on any atom is 0.0544 e. The molecule has 0 atom stereocenters. The van der Waals surface area contributed by atoms with E-state index in [1.165, 1.54) is 70.6 Å². The van der Waals surface area contributed by atoms with Crippen LogP contribution in [0.2, 0.25) is 0 Å². The largest absolute Gasteiger partial charge is 0.380 e. The van der Waals surface area contributed by atoms with Crippen molar-refractivity contribution in [3.05, 3.63) is 0 Å². The Bertz CT molecular complexity index is 242.